The number of esters is 2. The molecule has 0 aromatic heterocycles. The molecular formula is C61H108NO8P. The Labute approximate surface area is 436 Å². The smallest absolute Gasteiger partial charge is 0.462 e. The van der Waals surface area contributed by atoms with Crippen LogP contribution in [0, 0.1) is 0 Å². The monoisotopic (exact) mass is 1010 g/mol. The lowest BCUT2D eigenvalue weighted by molar-refractivity contribution is -0.161. The third-order valence-electron chi connectivity index (χ3n) is 12.3. The first kappa shape index (κ1) is 68.2. The summed E-state index contributed by atoms with van der Waals surface area (Å²) in [6.07, 6.45) is 73.7. The van der Waals surface area contributed by atoms with Crippen molar-refractivity contribution in [3.05, 3.63) is 85.1 Å². The minimum Gasteiger partial charge on any atom is -0.462 e. The molecule has 0 saturated carbocycles. The number of rotatable bonds is 54. The maximum atomic E-state index is 12.7. The molecule has 9 nitrogen and oxygen atoms in total. The second kappa shape index (κ2) is 56.5. The first-order valence-electron chi connectivity index (χ1n) is 29.1. The first-order chi connectivity index (χ1) is 34.8. The van der Waals surface area contributed by atoms with Crippen LogP contribution in [0.5, 0.6) is 0 Å². The number of carbonyl (C=O) groups excluding carboxylic acids is 2. The number of nitrogens with two attached hydrogens (primary N) is 1. The van der Waals surface area contributed by atoms with E-state index in [1.165, 1.54) is 128 Å². The van der Waals surface area contributed by atoms with Gasteiger partial charge in [0.2, 0.25) is 0 Å². The Morgan fingerprint density at radius 3 is 1.15 bits per heavy atom. The highest BCUT2D eigenvalue weighted by molar-refractivity contribution is 7.47. The van der Waals surface area contributed by atoms with Crippen LogP contribution in [0.15, 0.2) is 85.1 Å². The third-order valence-corrected chi connectivity index (χ3v) is 13.2. The van der Waals surface area contributed by atoms with E-state index in [4.69, 9.17) is 24.3 Å². The zero-order valence-electron chi connectivity index (χ0n) is 45.7. The number of phosphoric acid groups is 1. The van der Waals surface area contributed by atoms with Crippen LogP contribution in [0.25, 0.3) is 0 Å². The number of unbranched alkanes of at least 4 members (excludes halogenated alkanes) is 27. The van der Waals surface area contributed by atoms with Gasteiger partial charge in [-0.25, -0.2) is 4.57 Å². The van der Waals surface area contributed by atoms with Crippen molar-refractivity contribution in [1.82, 2.24) is 0 Å². The van der Waals surface area contributed by atoms with Gasteiger partial charge in [-0.1, -0.05) is 240 Å². The number of ether oxygens (including phenoxy) is 2. The molecule has 0 aliphatic heterocycles. The van der Waals surface area contributed by atoms with E-state index < -0.39 is 32.5 Å². The van der Waals surface area contributed by atoms with Gasteiger partial charge < -0.3 is 20.1 Å². The van der Waals surface area contributed by atoms with Crippen molar-refractivity contribution in [2.24, 2.45) is 5.73 Å². The molecule has 0 amide bonds. The van der Waals surface area contributed by atoms with Gasteiger partial charge in [0.15, 0.2) is 6.10 Å². The Kier molecular flexibility index (Phi) is 54.2. The molecule has 10 heteroatoms. The molecule has 71 heavy (non-hydrogen) atoms. The van der Waals surface area contributed by atoms with Crippen molar-refractivity contribution in [2.45, 2.75) is 264 Å². The average Bonchev–Trinajstić information content (AvgIpc) is 3.36. The van der Waals surface area contributed by atoms with Crippen molar-refractivity contribution >= 4 is 19.8 Å². The van der Waals surface area contributed by atoms with Crippen LogP contribution in [-0.2, 0) is 32.7 Å². The lowest BCUT2D eigenvalue weighted by Gasteiger charge is -2.19. The van der Waals surface area contributed by atoms with Crippen molar-refractivity contribution in [3.63, 3.8) is 0 Å². The fraction of sp³-hybridized carbons (Fsp3) is 0.738. The minimum atomic E-state index is -4.39. The van der Waals surface area contributed by atoms with Gasteiger partial charge in [-0.15, -0.1) is 0 Å². The Bertz CT molecular complexity index is 1440. The molecule has 0 bridgehead atoms. The first-order valence-corrected chi connectivity index (χ1v) is 30.6. The fourth-order valence-electron chi connectivity index (χ4n) is 7.99. The molecule has 0 aliphatic rings. The molecule has 0 fully saturated rings. The third kappa shape index (κ3) is 56.3. The van der Waals surface area contributed by atoms with Crippen molar-refractivity contribution < 1.29 is 37.6 Å². The lowest BCUT2D eigenvalue weighted by atomic mass is 10.0. The van der Waals surface area contributed by atoms with Gasteiger partial charge in [0.25, 0.3) is 0 Å². The van der Waals surface area contributed by atoms with E-state index in [9.17, 15) is 19.0 Å². The van der Waals surface area contributed by atoms with E-state index in [2.05, 4.69) is 98.9 Å². The highest BCUT2D eigenvalue weighted by atomic mass is 31.2. The summed E-state index contributed by atoms with van der Waals surface area (Å²) in [4.78, 5) is 35.1. The van der Waals surface area contributed by atoms with Gasteiger partial charge in [-0.05, 0) is 89.9 Å². The molecule has 0 aromatic carbocycles. The van der Waals surface area contributed by atoms with Crippen LogP contribution in [0.1, 0.15) is 258 Å². The zero-order valence-corrected chi connectivity index (χ0v) is 46.6. The maximum absolute atomic E-state index is 12.7. The van der Waals surface area contributed by atoms with E-state index in [0.717, 1.165) is 89.9 Å². The summed E-state index contributed by atoms with van der Waals surface area (Å²) in [5.41, 5.74) is 5.37. The van der Waals surface area contributed by atoms with Gasteiger partial charge in [0.05, 0.1) is 13.2 Å². The molecule has 0 aromatic rings. The summed E-state index contributed by atoms with van der Waals surface area (Å²) in [7, 11) is -4.39. The molecule has 2 atom stereocenters. The molecular weight excluding hydrogens is 906 g/mol. The van der Waals surface area contributed by atoms with Gasteiger partial charge >= 0.3 is 19.8 Å². The van der Waals surface area contributed by atoms with Gasteiger partial charge in [-0.2, -0.15) is 0 Å². The lowest BCUT2D eigenvalue weighted by Crippen LogP contribution is -2.29. The van der Waals surface area contributed by atoms with Gasteiger partial charge in [0.1, 0.15) is 6.61 Å². The molecule has 2 unspecified atom stereocenters. The zero-order chi connectivity index (χ0) is 51.7. The van der Waals surface area contributed by atoms with Crippen LogP contribution >= 0.6 is 7.82 Å². The molecule has 0 heterocycles. The summed E-state index contributed by atoms with van der Waals surface area (Å²) in [5.74, 6) is -0.839. The molecule has 3 N–H and O–H groups in total. The predicted octanol–water partition coefficient (Wildman–Crippen LogP) is 18.3. The second-order valence-corrected chi connectivity index (χ2v) is 20.6. The van der Waals surface area contributed by atoms with Crippen molar-refractivity contribution in [1.29, 1.82) is 0 Å². The Balaban J connectivity index is 3.87. The summed E-state index contributed by atoms with van der Waals surface area (Å²) < 4.78 is 33.0. The summed E-state index contributed by atoms with van der Waals surface area (Å²) in [6, 6.07) is 0. The number of allylic oxidation sites excluding steroid dienone is 14. The molecule has 0 saturated heterocycles. The van der Waals surface area contributed by atoms with Crippen molar-refractivity contribution in [2.75, 3.05) is 26.4 Å². The Morgan fingerprint density at radius 1 is 0.437 bits per heavy atom. The van der Waals surface area contributed by atoms with Crippen LogP contribution in [0.2, 0.25) is 0 Å². The molecule has 410 valence electrons. The average molecular weight is 1010 g/mol. The fourth-order valence-corrected chi connectivity index (χ4v) is 8.75. The molecule has 0 aliphatic carbocycles. The van der Waals surface area contributed by atoms with E-state index >= 15 is 0 Å². The summed E-state index contributed by atoms with van der Waals surface area (Å²) in [5, 5.41) is 0. The van der Waals surface area contributed by atoms with Crippen LogP contribution < -0.4 is 5.73 Å². The molecule has 0 rings (SSSR count). The van der Waals surface area contributed by atoms with Gasteiger partial charge in [-0.3, -0.25) is 18.6 Å². The summed E-state index contributed by atoms with van der Waals surface area (Å²) >= 11 is 0. The standard InChI is InChI=1S/C61H108NO8P/c1-3-5-7-9-11-13-15-17-19-20-21-22-23-24-25-26-27-28-29-30-31-32-33-34-35-36-37-38-40-42-44-46-48-50-52-54-61(64)70-59(58-69-71(65,66)68-56-55-62)57-67-60(63)53-51-49-47-45-43-41-39-18-16-14-12-10-8-6-4-2/h5,7,11-14,17-19,21-22,24-25,39,59H,3-4,6,8-10,15-16,20,23,26-38,40-58,62H2,1-2H3,(H,65,66)/b7-5-,13-11-,14-12-,19-17-,22-21-,25-24-,39-18-. The predicted molar refractivity (Wildman–Crippen MR) is 302 cm³/mol. The Morgan fingerprint density at radius 2 is 0.775 bits per heavy atom. The SMILES string of the molecule is CC/C=C\C/C=C\C/C=C\C/C=C\C/C=C\CCCCCCCCCCCCCCCCCCCCCC(=O)OC(COC(=O)CCCCCCC/C=C\C/C=C\CCCCC)COP(=O)(O)OCCN. The van der Waals surface area contributed by atoms with E-state index in [1.54, 1.807) is 0 Å². The maximum Gasteiger partial charge on any atom is 0.472 e. The quantitative estimate of drug-likeness (QED) is 0.0264. The second-order valence-electron chi connectivity index (χ2n) is 19.1. The Hall–Kier alpha value is -2.81. The topological polar surface area (TPSA) is 134 Å². The molecule has 0 spiro atoms. The van der Waals surface area contributed by atoms with Crippen LogP contribution in [-0.4, -0.2) is 49.3 Å². The number of carbonyl (C=O) groups is 2. The van der Waals surface area contributed by atoms with E-state index in [0.29, 0.717) is 12.8 Å². The number of hydrogen-bond acceptors (Lipinski definition) is 8. The molecule has 0 radical (unpaired) electrons. The number of phosphoric ester groups is 1. The van der Waals surface area contributed by atoms with Crippen LogP contribution in [0.3, 0.4) is 0 Å². The minimum absolute atomic E-state index is 0.0497. The number of hydrogen-bond donors (Lipinski definition) is 2. The van der Waals surface area contributed by atoms with E-state index in [1.807, 2.05) is 0 Å². The van der Waals surface area contributed by atoms with E-state index in [-0.39, 0.29) is 32.6 Å². The summed E-state index contributed by atoms with van der Waals surface area (Å²) in [6.45, 7) is 3.60. The van der Waals surface area contributed by atoms with Gasteiger partial charge in [0, 0.05) is 19.4 Å². The van der Waals surface area contributed by atoms with Crippen LogP contribution in [0.4, 0.5) is 0 Å². The normalized spacial score (nSPS) is 13.7. The highest BCUT2D eigenvalue weighted by Crippen LogP contribution is 2.43. The largest absolute Gasteiger partial charge is 0.472 e. The highest BCUT2D eigenvalue weighted by Gasteiger charge is 2.26. The van der Waals surface area contributed by atoms with Crippen molar-refractivity contribution in [3.8, 4) is 0 Å².